The first-order valence-corrected chi connectivity index (χ1v) is 6.00. The van der Waals surface area contributed by atoms with Gasteiger partial charge in [-0.2, -0.15) is 0 Å². The van der Waals surface area contributed by atoms with Crippen LogP contribution in [-0.4, -0.2) is 20.5 Å². The van der Waals surface area contributed by atoms with Crippen molar-refractivity contribution in [1.29, 1.82) is 0 Å². The molecule has 0 spiro atoms. The molecular weight excluding hydrogens is 220 g/mol. The van der Waals surface area contributed by atoms with E-state index < -0.39 is 4.92 Å². The first-order valence-electron chi connectivity index (χ1n) is 6.00. The third-order valence-corrected chi connectivity index (χ3v) is 3.37. The molecule has 2 unspecified atom stereocenters. The van der Waals surface area contributed by atoms with Crippen molar-refractivity contribution in [2.75, 3.05) is 5.32 Å². The van der Waals surface area contributed by atoms with Crippen molar-refractivity contribution >= 4 is 11.6 Å². The lowest BCUT2D eigenvalue weighted by Crippen LogP contribution is -2.27. The number of nitro groups is 1. The van der Waals surface area contributed by atoms with Crippen molar-refractivity contribution in [3.8, 4) is 0 Å². The molecule has 0 amide bonds. The van der Waals surface area contributed by atoms with Crippen molar-refractivity contribution in [1.82, 2.24) is 9.55 Å². The fourth-order valence-corrected chi connectivity index (χ4v) is 2.48. The average Bonchev–Trinajstić information content (AvgIpc) is 2.61. The smallest absolute Gasteiger partial charge is 0.362 e. The number of nitrogens with one attached hydrogen (secondary N) is 1. The summed E-state index contributed by atoms with van der Waals surface area (Å²) >= 11 is 0. The molecule has 1 aliphatic rings. The summed E-state index contributed by atoms with van der Waals surface area (Å²) < 4.78 is 1.68. The standard InChI is InChI=1S/C11H18N4O2/c1-8-4-3-5-9(6-8)13-11-10(15(16)17)12-7-14(11)2/h7-9,13H,3-6H2,1-2H3. The van der Waals surface area contributed by atoms with Gasteiger partial charge >= 0.3 is 5.82 Å². The molecule has 2 atom stereocenters. The van der Waals surface area contributed by atoms with E-state index in [1.54, 1.807) is 11.6 Å². The maximum absolute atomic E-state index is 10.8. The van der Waals surface area contributed by atoms with E-state index in [2.05, 4.69) is 17.2 Å². The van der Waals surface area contributed by atoms with Crippen LogP contribution in [0.4, 0.5) is 11.6 Å². The minimum Gasteiger partial charge on any atom is -0.362 e. The first-order chi connectivity index (χ1) is 8.08. The molecule has 1 saturated carbocycles. The highest BCUT2D eigenvalue weighted by Crippen LogP contribution is 2.29. The van der Waals surface area contributed by atoms with Crippen LogP contribution in [0.25, 0.3) is 0 Å². The topological polar surface area (TPSA) is 73.0 Å². The Morgan fingerprint density at radius 1 is 1.59 bits per heavy atom. The van der Waals surface area contributed by atoms with Gasteiger partial charge in [-0.15, -0.1) is 0 Å². The maximum Gasteiger partial charge on any atom is 0.406 e. The molecule has 17 heavy (non-hydrogen) atoms. The quantitative estimate of drug-likeness (QED) is 0.647. The van der Waals surface area contributed by atoms with Crippen molar-refractivity contribution in [2.45, 2.75) is 38.6 Å². The zero-order valence-electron chi connectivity index (χ0n) is 10.2. The Hall–Kier alpha value is -1.59. The summed E-state index contributed by atoms with van der Waals surface area (Å²) in [7, 11) is 1.77. The molecule has 0 saturated heterocycles. The van der Waals surface area contributed by atoms with Gasteiger partial charge in [0.05, 0.1) is 0 Å². The van der Waals surface area contributed by atoms with Crippen LogP contribution in [0.2, 0.25) is 0 Å². The van der Waals surface area contributed by atoms with Crippen molar-refractivity contribution in [3.63, 3.8) is 0 Å². The summed E-state index contributed by atoms with van der Waals surface area (Å²) in [6, 6.07) is 0.327. The number of hydrogen-bond donors (Lipinski definition) is 1. The highest BCUT2D eigenvalue weighted by molar-refractivity contribution is 5.52. The van der Waals surface area contributed by atoms with Crippen molar-refractivity contribution < 1.29 is 4.92 Å². The number of anilines is 1. The average molecular weight is 238 g/mol. The number of imidazole rings is 1. The van der Waals surface area contributed by atoms with E-state index in [1.165, 1.54) is 19.2 Å². The van der Waals surface area contributed by atoms with E-state index in [-0.39, 0.29) is 5.82 Å². The van der Waals surface area contributed by atoms with Crippen molar-refractivity contribution in [3.05, 3.63) is 16.4 Å². The summed E-state index contributed by atoms with van der Waals surface area (Å²) in [5.74, 6) is 1.13. The molecule has 1 aromatic rings. The third kappa shape index (κ3) is 2.57. The molecule has 6 nitrogen and oxygen atoms in total. The summed E-state index contributed by atoms with van der Waals surface area (Å²) in [4.78, 5) is 14.2. The van der Waals surface area contributed by atoms with E-state index in [0.29, 0.717) is 17.8 Å². The second-order valence-electron chi connectivity index (χ2n) is 4.90. The van der Waals surface area contributed by atoms with Gasteiger partial charge in [-0.05, 0) is 28.7 Å². The molecule has 0 aliphatic heterocycles. The number of aryl methyl sites for hydroxylation is 1. The Kier molecular flexibility index (Phi) is 3.31. The normalized spacial score (nSPS) is 24.6. The molecule has 1 heterocycles. The second kappa shape index (κ2) is 4.73. The predicted molar refractivity (Wildman–Crippen MR) is 64.9 cm³/mol. The van der Waals surface area contributed by atoms with Crippen LogP contribution in [0.1, 0.15) is 32.6 Å². The Labute approximate surface area is 100 Å². The molecule has 0 radical (unpaired) electrons. The van der Waals surface area contributed by atoms with Gasteiger partial charge in [0.2, 0.25) is 12.1 Å². The maximum atomic E-state index is 10.8. The summed E-state index contributed by atoms with van der Waals surface area (Å²) in [6.07, 6.45) is 6.07. The van der Waals surface area contributed by atoms with Gasteiger partial charge in [0.1, 0.15) is 0 Å². The first kappa shape index (κ1) is 11.9. The molecule has 1 aromatic heterocycles. The lowest BCUT2D eigenvalue weighted by atomic mass is 9.87. The van der Waals surface area contributed by atoms with Crippen LogP contribution in [0, 0.1) is 16.0 Å². The van der Waals surface area contributed by atoms with Crippen LogP contribution in [0.15, 0.2) is 6.33 Å². The molecule has 0 aromatic carbocycles. The van der Waals surface area contributed by atoms with Crippen molar-refractivity contribution in [2.24, 2.45) is 13.0 Å². The van der Waals surface area contributed by atoms with Crippen LogP contribution in [0.5, 0.6) is 0 Å². The number of hydrogen-bond acceptors (Lipinski definition) is 4. The van der Waals surface area contributed by atoms with Crippen LogP contribution >= 0.6 is 0 Å². The Balaban J connectivity index is 2.12. The monoisotopic (exact) mass is 238 g/mol. The SMILES string of the molecule is CC1CCCC(Nc2c([N+](=O)[O-])ncn2C)C1. The van der Waals surface area contributed by atoms with Crippen LogP contribution < -0.4 is 5.32 Å². The molecule has 2 rings (SSSR count). The summed E-state index contributed by atoms with van der Waals surface area (Å²) in [6.45, 7) is 2.23. The predicted octanol–water partition coefficient (Wildman–Crippen LogP) is 2.32. The molecule has 1 aliphatic carbocycles. The Morgan fingerprint density at radius 3 is 3.00 bits per heavy atom. The van der Waals surface area contributed by atoms with Gasteiger partial charge in [0.15, 0.2) is 0 Å². The zero-order valence-corrected chi connectivity index (χ0v) is 10.2. The van der Waals surface area contributed by atoms with E-state index in [1.807, 2.05) is 0 Å². The highest BCUT2D eigenvalue weighted by Gasteiger charge is 2.25. The lowest BCUT2D eigenvalue weighted by Gasteiger charge is -2.27. The number of rotatable bonds is 3. The van der Waals surface area contributed by atoms with E-state index in [4.69, 9.17) is 0 Å². The number of nitrogens with zero attached hydrogens (tertiary/aromatic N) is 3. The van der Waals surface area contributed by atoms with E-state index >= 15 is 0 Å². The fourth-order valence-electron chi connectivity index (χ4n) is 2.48. The molecule has 94 valence electrons. The Morgan fingerprint density at radius 2 is 2.35 bits per heavy atom. The molecular formula is C11H18N4O2. The molecule has 1 fully saturated rings. The Bertz CT molecular complexity index is 416. The summed E-state index contributed by atoms with van der Waals surface area (Å²) in [5, 5.41) is 14.1. The van der Waals surface area contributed by atoms with E-state index in [0.717, 1.165) is 12.8 Å². The second-order valence-corrected chi connectivity index (χ2v) is 4.90. The largest absolute Gasteiger partial charge is 0.406 e. The third-order valence-electron chi connectivity index (χ3n) is 3.37. The lowest BCUT2D eigenvalue weighted by molar-refractivity contribution is -0.388. The van der Waals surface area contributed by atoms with Gasteiger partial charge in [0, 0.05) is 13.1 Å². The summed E-state index contributed by atoms with van der Waals surface area (Å²) in [5.41, 5.74) is 0. The van der Waals surface area contributed by atoms with E-state index in [9.17, 15) is 10.1 Å². The van der Waals surface area contributed by atoms with Crippen LogP contribution in [0.3, 0.4) is 0 Å². The minimum absolute atomic E-state index is 0.0780. The zero-order chi connectivity index (χ0) is 12.4. The van der Waals surface area contributed by atoms with Gasteiger partial charge in [-0.3, -0.25) is 4.57 Å². The van der Waals surface area contributed by atoms with Gasteiger partial charge in [0.25, 0.3) is 0 Å². The van der Waals surface area contributed by atoms with Gasteiger partial charge in [-0.1, -0.05) is 19.8 Å². The molecule has 1 N–H and O–H groups in total. The minimum atomic E-state index is -0.436. The molecule has 6 heteroatoms. The van der Waals surface area contributed by atoms with Crippen LogP contribution in [-0.2, 0) is 7.05 Å². The number of aromatic nitrogens is 2. The fraction of sp³-hybridized carbons (Fsp3) is 0.727. The molecule has 0 bridgehead atoms. The van der Waals surface area contributed by atoms with Gasteiger partial charge in [-0.25, -0.2) is 0 Å². The van der Waals surface area contributed by atoms with Gasteiger partial charge < -0.3 is 15.4 Å². The highest BCUT2D eigenvalue weighted by atomic mass is 16.6.